The highest BCUT2D eigenvalue weighted by Crippen LogP contribution is 2.48. The van der Waals surface area contributed by atoms with Crippen molar-refractivity contribution in [2.75, 3.05) is 27.3 Å². The summed E-state index contributed by atoms with van der Waals surface area (Å²) < 4.78 is 35.0. The largest absolute Gasteiger partial charge is 0.462 e. The summed E-state index contributed by atoms with van der Waals surface area (Å²) in [6, 6.07) is 8.92. The molecule has 2 aromatic carbocycles. The van der Waals surface area contributed by atoms with Crippen LogP contribution >= 0.6 is 11.3 Å². The molecule has 4 N–H and O–H groups in total. The number of methoxy groups -OCH3 is 2. The summed E-state index contributed by atoms with van der Waals surface area (Å²) in [5.74, 6) is 0.255. The van der Waals surface area contributed by atoms with E-state index in [2.05, 4.69) is 35.8 Å². The molecule has 0 bridgehead atoms. The average Bonchev–Trinajstić information content (AvgIpc) is 4.16. The van der Waals surface area contributed by atoms with Crippen molar-refractivity contribution < 1.29 is 37.8 Å². The molecule has 66 heavy (non-hydrogen) atoms. The van der Waals surface area contributed by atoms with Crippen molar-refractivity contribution in [2.24, 2.45) is 11.8 Å². The Morgan fingerprint density at radius 1 is 0.803 bits per heavy atom. The maximum Gasteiger partial charge on any atom is 0.407 e. The van der Waals surface area contributed by atoms with E-state index in [0.717, 1.165) is 40.0 Å². The van der Waals surface area contributed by atoms with Crippen molar-refractivity contribution in [2.45, 2.75) is 90.7 Å². The van der Waals surface area contributed by atoms with E-state index in [1.807, 2.05) is 63.5 Å². The third-order valence-corrected chi connectivity index (χ3v) is 13.5. The van der Waals surface area contributed by atoms with Crippen LogP contribution in [0.2, 0.25) is 0 Å². The summed E-state index contributed by atoms with van der Waals surface area (Å²) in [6.07, 6.45) is 4.20. The minimum absolute atomic E-state index is 0.158. The highest BCUT2D eigenvalue weighted by Gasteiger charge is 2.40. The monoisotopic (exact) mass is 921 g/mol. The number of aromatic amines is 2. The third-order valence-electron chi connectivity index (χ3n) is 12.7. The second-order valence-corrected chi connectivity index (χ2v) is 18.8. The van der Waals surface area contributed by atoms with Gasteiger partial charge in [0.05, 0.1) is 66.9 Å². The second-order valence-electron chi connectivity index (χ2n) is 17.6. The van der Waals surface area contributed by atoms with Gasteiger partial charge in [0, 0.05) is 29.6 Å². The number of halogens is 1. The van der Waals surface area contributed by atoms with Crippen LogP contribution in [0.4, 0.5) is 14.0 Å². The minimum Gasteiger partial charge on any atom is -0.462 e. The van der Waals surface area contributed by atoms with Crippen molar-refractivity contribution >= 4 is 46.2 Å². The molecular weight excluding hydrogens is 870 g/mol. The molecule has 0 spiro atoms. The molecule has 3 aliphatic heterocycles. The van der Waals surface area contributed by atoms with Gasteiger partial charge in [-0.2, -0.15) is 0 Å². The number of H-pyrrole nitrogens is 2. The number of aromatic nitrogens is 7. The van der Waals surface area contributed by atoms with Gasteiger partial charge in [-0.25, -0.2) is 23.9 Å². The number of fused-ring (bicyclic) bond motifs is 5. The zero-order valence-electron chi connectivity index (χ0n) is 37.7. The number of hydrogen-bond acceptors (Lipinski definition) is 12. The Hall–Kier alpha value is -6.83. The quantitative estimate of drug-likeness (QED) is 0.100. The summed E-state index contributed by atoms with van der Waals surface area (Å²) >= 11 is 1.39. The van der Waals surface area contributed by atoms with E-state index in [1.54, 1.807) is 28.3 Å². The molecule has 20 heteroatoms. The van der Waals surface area contributed by atoms with Gasteiger partial charge in [-0.3, -0.25) is 14.2 Å². The van der Waals surface area contributed by atoms with E-state index >= 15 is 4.39 Å². The van der Waals surface area contributed by atoms with Crippen molar-refractivity contribution in [3.63, 3.8) is 0 Å². The van der Waals surface area contributed by atoms with Gasteiger partial charge in [-0.15, -0.1) is 10.2 Å². The number of nitrogens with one attached hydrogen (secondary N) is 4. The lowest BCUT2D eigenvalue weighted by Gasteiger charge is -2.30. The van der Waals surface area contributed by atoms with Crippen molar-refractivity contribution in [1.29, 1.82) is 0 Å². The van der Waals surface area contributed by atoms with Gasteiger partial charge in [0.15, 0.2) is 5.01 Å². The Bertz CT molecular complexity index is 2830. The molecule has 2 saturated heterocycles. The first-order valence-electron chi connectivity index (χ1n) is 22.1. The lowest BCUT2D eigenvalue weighted by atomic mass is 10.0. The number of rotatable bonds is 11. The molecule has 18 nitrogen and oxygen atoms in total. The van der Waals surface area contributed by atoms with Crippen LogP contribution in [0.5, 0.6) is 5.75 Å². The first-order chi connectivity index (χ1) is 31.7. The molecule has 0 aliphatic carbocycles. The van der Waals surface area contributed by atoms with E-state index < -0.39 is 36.3 Å². The van der Waals surface area contributed by atoms with Crippen LogP contribution in [0, 0.1) is 24.6 Å². The maximum absolute atomic E-state index is 16.8. The molecule has 0 radical (unpaired) electrons. The van der Waals surface area contributed by atoms with Crippen LogP contribution in [-0.2, 0) is 19.1 Å². The third kappa shape index (κ3) is 8.11. The number of carbonyl (C=O) groups excluding carboxylic acids is 4. The number of alkyl carbamates (subject to hydrolysis) is 2. The van der Waals surface area contributed by atoms with Crippen LogP contribution in [-0.4, -0.2) is 108 Å². The average molecular weight is 922 g/mol. The Morgan fingerprint density at radius 3 is 1.91 bits per heavy atom. The topological polar surface area (TPSA) is 215 Å². The van der Waals surface area contributed by atoms with E-state index in [9.17, 15) is 19.2 Å². The van der Waals surface area contributed by atoms with Crippen LogP contribution in [0.15, 0.2) is 48.8 Å². The normalized spacial score (nSPS) is 18.8. The van der Waals surface area contributed by atoms with E-state index in [1.165, 1.54) is 31.6 Å². The zero-order chi connectivity index (χ0) is 46.6. The summed E-state index contributed by atoms with van der Waals surface area (Å²) in [4.78, 5) is 71.4. The lowest BCUT2D eigenvalue weighted by Crippen LogP contribution is -2.51. The van der Waals surface area contributed by atoms with E-state index in [-0.39, 0.29) is 41.3 Å². The molecule has 1 unspecified atom stereocenters. The predicted molar refractivity (Wildman–Crippen MR) is 242 cm³/mol. The van der Waals surface area contributed by atoms with Crippen molar-refractivity contribution in [1.82, 2.24) is 55.1 Å². The highest BCUT2D eigenvalue weighted by atomic mass is 32.1. The number of ether oxygens (including phenoxy) is 3. The van der Waals surface area contributed by atoms with E-state index in [4.69, 9.17) is 19.2 Å². The van der Waals surface area contributed by atoms with Gasteiger partial charge < -0.3 is 44.6 Å². The molecule has 2 fully saturated rings. The minimum atomic E-state index is -0.779. The molecule has 3 aliphatic rings. The Kier molecular flexibility index (Phi) is 12.0. The Morgan fingerprint density at radius 2 is 1.38 bits per heavy atom. The van der Waals surface area contributed by atoms with Crippen molar-refractivity contribution in [3.05, 3.63) is 76.3 Å². The predicted octanol–water partition coefficient (Wildman–Crippen LogP) is 7.42. The van der Waals surface area contributed by atoms with Gasteiger partial charge in [0.2, 0.25) is 18.0 Å². The number of carbonyl (C=O) groups is 4. The standard InChI is InChI=1S/C46H52FN11O7S/c1-22(2)37(52-45(61)63-6)42(59)56-14-8-10-32(56)39-48-20-29(50-39)25-12-13-31-27(16-25)18-34-36-28(47)17-26(19-35(36)65-44(58(31)34)41-55-54-24(5)66-41)30-21-49-40(51-30)33-11-9-15-57(33)43(60)38(23(3)4)53-46(62)64-7/h12-13,16-23,32-33,37-38,44H,8-11,14-15H2,1-7H3,(H,48,50)(H,49,51)(H,52,61)(H,53,62)/t32-,33-,37-,38-,44?/m0/s1. The SMILES string of the molecule is COC(=O)N[C@H](C(=O)N1CCC[C@H]1c1ncc(-c2cc(F)c3c(c2)OC(c2nnc(C)s2)n2c-3cc3cc(-c4cnc([C@@H]5CCCN5C(=O)[C@@H](NC(=O)OC)C(C)C)[nH]4)ccc32)[nH]1)C(C)C. The molecule has 5 atom stereocenters. The fourth-order valence-electron chi connectivity index (χ4n) is 9.36. The van der Waals surface area contributed by atoms with Crippen LogP contribution in [0.3, 0.4) is 0 Å². The van der Waals surface area contributed by atoms with E-state index in [0.29, 0.717) is 65.3 Å². The molecule has 7 heterocycles. The van der Waals surface area contributed by atoms with Gasteiger partial charge in [0.25, 0.3) is 0 Å². The number of likely N-dealkylation sites (tertiary alicyclic amines) is 2. The van der Waals surface area contributed by atoms with Crippen LogP contribution in [0.25, 0.3) is 44.7 Å². The van der Waals surface area contributed by atoms with Crippen LogP contribution < -0.4 is 15.4 Å². The fraction of sp³-hybridized carbons (Fsp3) is 0.435. The van der Waals surface area contributed by atoms with Gasteiger partial charge in [0.1, 0.15) is 40.3 Å². The number of amides is 4. The van der Waals surface area contributed by atoms with Crippen molar-refractivity contribution in [3.8, 4) is 39.5 Å². The number of aryl methyl sites for hydroxylation is 1. The smallest absolute Gasteiger partial charge is 0.407 e. The second kappa shape index (κ2) is 17.9. The number of benzene rings is 2. The Balaban J connectivity index is 1.02. The van der Waals surface area contributed by atoms with Gasteiger partial charge in [-0.05, 0) is 74.8 Å². The summed E-state index contributed by atoms with van der Waals surface area (Å²) in [6.45, 7) is 10.4. The maximum atomic E-state index is 16.8. The number of nitrogens with zero attached hydrogens (tertiary/aromatic N) is 7. The molecular formula is C46H52FN11O7S. The Labute approximate surface area is 383 Å². The first-order valence-corrected chi connectivity index (χ1v) is 22.9. The molecule has 9 rings (SSSR count). The fourth-order valence-corrected chi connectivity index (χ4v) is 10.1. The summed E-state index contributed by atoms with van der Waals surface area (Å²) in [5, 5.41) is 16.3. The number of imidazole rings is 2. The zero-order valence-corrected chi connectivity index (χ0v) is 38.5. The molecule has 4 amide bonds. The molecule has 346 valence electrons. The van der Waals surface area contributed by atoms with Gasteiger partial charge in [-0.1, -0.05) is 45.1 Å². The first kappa shape index (κ1) is 44.4. The molecule has 0 saturated carbocycles. The highest BCUT2D eigenvalue weighted by molar-refractivity contribution is 7.11. The molecule has 6 aromatic rings. The van der Waals surface area contributed by atoms with Crippen LogP contribution in [0.1, 0.15) is 93.4 Å². The summed E-state index contributed by atoms with van der Waals surface area (Å²) in [5.41, 5.74) is 4.31. The number of hydrogen-bond donors (Lipinski definition) is 4. The van der Waals surface area contributed by atoms with Gasteiger partial charge >= 0.3 is 12.2 Å². The lowest BCUT2D eigenvalue weighted by molar-refractivity contribution is -0.136. The molecule has 4 aromatic heterocycles. The summed E-state index contributed by atoms with van der Waals surface area (Å²) in [7, 11) is 2.53.